The van der Waals surface area contributed by atoms with Crippen LogP contribution >= 0.6 is 11.8 Å². The van der Waals surface area contributed by atoms with E-state index in [0.29, 0.717) is 17.9 Å². The van der Waals surface area contributed by atoms with Gasteiger partial charge in [-0.2, -0.15) is 0 Å². The standard InChI is InChI=1S/C17H19N3O3S/c1-11(21)13-4-3-5-15(8-13)23-12(2)16(22)18-9-14-10-20-6-7-24-17(20)19-14/h3-5,8,10,12H,6-7,9H2,1-2H3,(H,18,22)/t12-/m0/s1. The second-order valence-corrected chi connectivity index (χ2v) is 6.68. The highest BCUT2D eigenvalue weighted by Gasteiger charge is 2.17. The van der Waals surface area contributed by atoms with Crippen LogP contribution in [0.5, 0.6) is 5.75 Å². The summed E-state index contributed by atoms with van der Waals surface area (Å²) in [4.78, 5) is 28.0. The molecule has 0 radical (unpaired) electrons. The third-order valence-corrected chi connectivity index (χ3v) is 4.69. The van der Waals surface area contributed by atoms with Crippen LogP contribution in [-0.4, -0.2) is 33.1 Å². The zero-order valence-corrected chi connectivity index (χ0v) is 14.4. The average molecular weight is 345 g/mol. The number of carbonyl (C=O) groups excluding carboxylic acids is 2. The number of fused-ring (bicyclic) bond motifs is 1. The Morgan fingerprint density at radius 2 is 2.29 bits per heavy atom. The molecule has 1 atom stereocenters. The van der Waals surface area contributed by atoms with Gasteiger partial charge < -0.3 is 14.6 Å². The van der Waals surface area contributed by atoms with E-state index in [1.807, 2.05) is 6.20 Å². The summed E-state index contributed by atoms with van der Waals surface area (Å²) in [6.07, 6.45) is 1.31. The zero-order chi connectivity index (χ0) is 17.1. The highest BCUT2D eigenvalue weighted by Crippen LogP contribution is 2.24. The average Bonchev–Trinajstić information content (AvgIpc) is 3.14. The Kier molecular flexibility index (Phi) is 4.89. The number of ketones is 1. The summed E-state index contributed by atoms with van der Waals surface area (Å²) >= 11 is 1.72. The molecule has 1 aliphatic rings. The summed E-state index contributed by atoms with van der Waals surface area (Å²) in [6, 6.07) is 6.83. The van der Waals surface area contributed by atoms with Crippen molar-refractivity contribution in [1.29, 1.82) is 0 Å². The molecular formula is C17H19N3O3S. The fourth-order valence-electron chi connectivity index (χ4n) is 2.41. The number of imidazole rings is 1. The Balaban J connectivity index is 1.54. The van der Waals surface area contributed by atoms with Gasteiger partial charge >= 0.3 is 0 Å². The Morgan fingerprint density at radius 3 is 3.04 bits per heavy atom. The van der Waals surface area contributed by atoms with E-state index < -0.39 is 6.10 Å². The van der Waals surface area contributed by atoms with Crippen molar-refractivity contribution < 1.29 is 14.3 Å². The lowest BCUT2D eigenvalue weighted by molar-refractivity contribution is -0.127. The number of Topliss-reactive ketones (excluding diaryl/α,β-unsaturated/α-hetero) is 1. The van der Waals surface area contributed by atoms with E-state index in [9.17, 15) is 9.59 Å². The van der Waals surface area contributed by atoms with Crippen molar-refractivity contribution in [3.8, 4) is 5.75 Å². The number of nitrogens with one attached hydrogen (secondary N) is 1. The van der Waals surface area contributed by atoms with Crippen LogP contribution in [-0.2, 0) is 17.9 Å². The van der Waals surface area contributed by atoms with Crippen LogP contribution in [0.1, 0.15) is 29.9 Å². The molecule has 1 aliphatic heterocycles. The van der Waals surface area contributed by atoms with Gasteiger partial charge in [-0.05, 0) is 26.0 Å². The smallest absolute Gasteiger partial charge is 0.261 e. The third-order valence-electron chi connectivity index (χ3n) is 3.72. The molecule has 0 spiro atoms. The summed E-state index contributed by atoms with van der Waals surface area (Å²) in [6.45, 7) is 4.52. The number of carbonyl (C=O) groups is 2. The van der Waals surface area contributed by atoms with Gasteiger partial charge in [-0.25, -0.2) is 4.98 Å². The van der Waals surface area contributed by atoms with E-state index in [0.717, 1.165) is 23.1 Å². The fourth-order valence-corrected chi connectivity index (χ4v) is 3.38. The molecule has 2 aromatic rings. The summed E-state index contributed by atoms with van der Waals surface area (Å²) < 4.78 is 7.72. The molecule has 1 amide bonds. The number of amides is 1. The van der Waals surface area contributed by atoms with Crippen LogP contribution in [0.2, 0.25) is 0 Å². The number of hydrogen-bond donors (Lipinski definition) is 1. The van der Waals surface area contributed by atoms with E-state index in [1.54, 1.807) is 43.0 Å². The molecule has 0 saturated heterocycles. The van der Waals surface area contributed by atoms with E-state index in [-0.39, 0.29) is 11.7 Å². The van der Waals surface area contributed by atoms with Crippen LogP contribution in [0.25, 0.3) is 0 Å². The predicted octanol–water partition coefficient (Wildman–Crippen LogP) is 2.28. The number of benzene rings is 1. The van der Waals surface area contributed by atoms with Gasteiger partial charge in [0, 0.05) is 24.1 Å². The number of thioether (sulfide) groups is 1. The molecule has 1 aromatic carbocycles. The monoisotopic (exact) mass is 345 g/mol. The van der Waals surface area contributed by atoms with Crippen molar-refractivity contribution in [3.05, 3.63) is 41.7 Å². The van der Waals surface area contributed by atoms with Crippen molar-refractivity contribution in [2.75, 3.05) is 5.75 Å². The molecule has 0 unspecified atom stereocenters. The molecule has 0 saturated carbocycles. The number of rotatable bonds is 6. The Labute approximate surface area is 144 Å². The topological polar surface area (TPSA) is 73.2 Å². The first-order valence-corrected chi connectivity index (χ1v) is 8.75. The lowest BCUT2D eigenvalue weighted by Gasteiger charge is -2.14. The molecule has 1 N–H and O–H groups in total. The largest absolute Gasteiger partial charge is 0.481 e. The molecule has 7 heteroatoms. The van der Waals surface area contributed by atoms with Gasteiger partial charge in [0.15, 0.2) is 17.0 Å². The first-order valence-electron chi connectivity index (χ1n) is 7.77. The number of aromatic nitrogens is 2. The number of aryl methyl sites for hydroxylation is 1. The second-order valence-electron chi connectivity index (χ2n) is 5.62. The van der Waals surface area contributed by atoms with Crippen molar-refractivity contribution in [1.82, 2.24) is 14.9 Å². The maximum atomic E-state index is 12.2. The first kappa shape index (κ1) is 16.6. The van der Waals surface area contributed by atoms with Crippen LogP contribution in [0, 0.1) is 0 Å². The maximum absolute atomic E-state index is 12.2. The van der Waals surface area contributed by atoms with E-state index in [1.165, 1.54) is 6.92 Å². The third kappa shape index (κ3) is 3.79. The van der Waals surface area contributed by atoms with Crippen molar-refractivity contribution >= 4 is 23.5 Å². The predicted molar refractivity (Wildman–Crippen MR) is 91.3 cm³/mol. The SMILES string of the molecule is CC(=O)c1cccc(O[C@@H](C)C(=O)NCc2cn3c(n2)SCC3)c1. The molecule has 0 bridgehead atoms. The minimum atomic E-state index is -0.656. The number of nitrogens with zero attached hydrogens (tertiary/aromatic N) is 2. The quantitative estimate of drug-likeness (QED) is 0.813. The van der Waals surface area contributed by atoms with Crippen molar-refractivity contribution in [2.24, 2.45) is 0 Å². The Bertz CT molecular complexity index is 751. The van der Waals surface area contributed by atoms with Crippen LogP contribution in [0.4, 0.5) is 0 Å². The molecule has 2 heterocycles. The first-order chi connectivity index (χ1) is 11.5. The van der Waals surface area contributed by atoms with Crippen LogP contribution < -0.4 is 10.1 Å². The lowest BCUT2D eigenvalue weighted by atomic mass is 10.1. The molecule has 0 aliphatic carbocycles. The van der Waals surface area contributed by atoms with Gasteiger partial charge in [-0.1, -0.05) is 23.9 Å². The van der Waals surface area contributed by atoms with Gasteiger partial charge in [0.1, 0.15) is 5.75 Å². The van der Waals surface area contributed by atoms with E-state index in [4.69, 9.17) is 4.74 Å². The fraction of sp³-hybridized carbons (Fsp3) is 0.353. The summed E-state index contributed by atoms with van der Waals surface area (Å²) in [7, 11) is 0. The van der Waals surface area contributed by atoms with Gasteiger partial charge in [-0.3, -0.25) is 9.59 Å². The van der Waals surface area contributed by atoms with E-state index in [2.05, 4.69) is 14.9 Å². The minimum absolute atomic E-state index is 0.0387. The molecule has 6 nitrogen and oxygen atoms in total. The Morgan fingerprint density at radius 1 is 1.46 bits per heavy atom. The molecule has 0 fully saturated rings. The highest BCUT2D eigenvalue weighted by atomic mass is 32.2. The van der Waals surface area contributed by atoms with Gasteiger partial charge in [0.25, 0.3) is 5.91 Å². The second kappa shape index (κ2) is 7.09. The lowest BCUT2D eigenvalue weighted by Crippen LogP contribution is -2.36. The summed E-state index contributed by atoms with van der Waals surface area (Å²) in [5.41, 5.74) is 1.40. The highest BCUT2D eigenvalue weighted by molar-refractivity contribution is 7.99. The maximum Gasteiger partial charge on any atom is 0.261 e. The molecule has 126 valence electrons. The zero-order valence-electron chi connectivity index (χ0n) is 13.6. The summed E-state index contributed by atoms with van der Waals surface area (Å²) in [5.74, 6) is 1.30. The minimum Gasteiger partial charge on any atom is -0.481 e. The van der Waals surface area contributed by atoms with E-state index >= 15 is 0 Å². The summed E-state index contributed by atoms with van der Waals surface area (Å²) in [5, 5.41) is 3.83. The number of ether oxygens (including phenoxy) is 1. The van der Waals surface area contributed by atoms with Gasteiger partial charge in [0.2, 0.25) is 0 Å². The molecule has 24 heavy (non-hydrogen) atoms. The van der Waals surface area contributed by atoms with Gasteiger partial charge in [0.05, 0.1) is 12.2 Å². The van der Waals surface area contributed by atoms with Gasteiger partial charge in [-0.15, -0.1) is 0 Å². The van der Waals surface area contributed by atoms with Crippen molar-refractivity contribution in [2.45, 2.75) is 38.2 Å². The Hall–Kier alpha value is -2.28. The molecule has 3 rings (SSSR count). The normalized spacial score (nSPS) is 14.1. The van der Waals surface area contributed by atoms with Crippen LogP contribution in [0.3, 0.4) is 0 Å². The van der Waals surface area contributed by atoms with Crippen molar-refractivity contribution in [3.63, 3.8) is 0 Å². The number of hydrogen-bond acceptors (Lipinski definition) is 5. The van der Waals surface area contributed by atoms with Crippen LogP contribution in [0.15, 0.2) is 35.6 Å². The molecular weight excluding hydrogens is 326 g/mol. The molecule has 1 aromatic heterocycles.